The number of hydrogen-bond donors (Lipinski definition) is 1. The first-order valence-corrected chi connectivity index (χ1v) is 8.77. The van der Waals surface area contributed by atoms with E-state index >= 15 is 0 Å². The number of carbonyl (C=O) groups excluding carboxylic acids is 1. The summed E-state index contributed by atoms with van der Waals surface area (Å²) in [5, 5.41) is 9.25. The van der Waals surface area contributed by atoms with Gasteiger partial charge in [0, 0.05) is 30.2 Å². The van der Waals surface area contributed by atoms with E-state index in [2.05, 4.69) is 0 Å². The number of nitrogens with zero attached hydrogens (tertiary/aromatic N) is 2. The lowest BCUT2D eigenvalue weighted by atomic mass is 9.97. The fraction of sp³-hybridized carbons (Fsp3) is 0.400. The smallest absolute Gasteiger partial charge is 0.308 e. The maximum Gasteiger partial charge on any atom is 0.308 e. The van der Waals surface area contributed by atoms with E-state index < -0.39 is 11.9 Å². The molecule has 0 unspecified atom stereocenters. The number of benzene rings is 1. The molecular formula is C20H24N2O4. The molecule has 0 bridgehead atoms. The van der Waals surface area contributed by atoms with Crippen molar-refractivity contribution in [1.29, 1.82) is 0 Å². The average Bonchev–Trinajstić information content (AvgIpc) is 2.95. The number of aromatic nitrogens is 1. The number of rotatable bonds is 4. The zero-order chi connectivity index (χ0) is 18.8. The van der Waals surface area contributed by atoms with Gasteiger partial charge in [-0.1, -0.05) is 0 Å². The molecule has 0 saturated carbocycles. The van der Waals surface area contributed by atoms with Crippen molar-refractivity contribution in [3.05, 3.63) is 47.3 Å². The van der Waals surface area contributed by atoms with Gasteiger partial charge < -0.3 is 19.3 Å². The number of amides is 1. The third kappa shape index (κ3) is 3.31. The maximum absolute atomic E-state index is 13.0. The highest BCUT2D eigenvalue weighted by molar-refractivity contribution is 5.96. The summed E-state index contributed by atoms with van der Waals surface area (Å²) < 4.78 is 7.23. The van der Waals surface area contributed by atoms with E-state index in [-0.39, 0.29) is 12.5 Å². The molecule has 1 aromatic carbocycles. The van der Waals surface area contributed by atoms with Crippen molar-refractivity contribution < 1.29 is 19.4 Å². The van der Waals surface area contributed by atoms with Crippen LogP contribution in [-0.2, 0) is 4.79 Å². The third-order valence-corrected chi connectivity index (χ3v) is 5.05. The molecule has 1 fully saturated rings. The molecular weight excluding hydrogens is 332 g/mol. The highest BCUT2D eigenvalue weighted by Crippen LogP contribution is 2.25. The Balaban J connectivity index is 1.89. The van der Waals surface area contributed by atoms with Crippen LogP contribution in [0.25, 0.3) is 5.69 Å². The standard InChI is InChI=1S/C20H24N2O4/c1-13-11-18(19(23)21-10-4-5-15(12-21)20(24)25)14(2)22(13)16-6-8-17(26-3)9-7-16/h6-9,11,15H,4-5,10,12H2,1-3H3,(H,24,25)/t15-/m0/s1. The minimum Gasteiger partial charge on any atom is -0.497 e. The number of piperidine rings is 1. The predicted octanol–water partition coefficient (Wildman–Crippen LogP) is 3.04. The lowest BCUT2D eigenvalue weighted by Crippen LogP contribution is -2.42. The first-order chi connectivity index (χ1) is 12.4. The van der Waals surface area contributed by atoms with Crippen molar-refractivity contribution in [2.24, 2.45) is 5.92 Å². The summed E-state index contributed by atoms with van der Waals surface area (Å²) in [6.45, 7) is 4.77. The first-order valence-electron chi connectivity index (χ1n) is 8.77. The van der Waals surface area contributed by atoms with Gasteiger partial charge in [-0.2, -0.15) is 0 Å². The van der Waals surface area contributed by atoms with Gasteiger partial charge in [0.25, 0.3) is 5.91 Å². The number of hydrogen-bond acceptors (Lipinski definition) is 3. The second-order valence-corrected chi connectivity index (χ2v) is 6.75. The number of carboxylic acid groups (broad SMARTS) is 1. The van der Waals surface area contributed by atoms with E-state index in [9.17, 15) is 14.7 Å². The normalized spacial score (nSPS) is 17.2. The van der Waals surface area contributed by atoms with E-state index in [0.29, 0.717) is 18.5 Å². The van der Waals surface area contributed by atoms with Crippen LogP contribution in [0.15, 0.2) is 30.3 Å². The Labute approximate surface area is 153 Å². The van der Waals surface area contributed by atoms with Gasteiger partial charge in [0.05, 0.1) is 18.6 Å². The Morgan fingerprint density at radius 1 is 1.19 bits per heavy atom. The Kier molecular flexibility index (Phi) is 5.02. The minimum absolute atomic E-state index is 0.0937. The fourth-order valence-corrected chi connectivity index (χ4v) is 3.64. The molecule has 1 aliphatic rings. The second kappa shape index (κ2) is 7.23. The molecule has 1 N–H and O–H groups in total. The topological polar surface area (TPSA) is 71.8 Å². The van der Waals surface area contributed by atoms with Crippen LogP contribution >= 0.6 is 0 Å². The molecule has 3 rings (SSSR count). The lowest BCUT2D eigenvalue weighted by molar-refractivity contribution is -0.143. The summed E-state index contributed by atoms with van der Waals surface area (Å²) in [5.74, 6) is -0.617. The van der Waals surface area contributed by atoms with Crippen LogP contribution in [0, 0.1) is 19.8 Å². The Morgan fingerprint density at radius 2 is 1.88 bits per heavy atom. The molecule has 2 aromatic rings. The zero-order valence-corrected chi connectivity index (χ0v) is 15.4. The molecule has 1 saturated heterocycles. The molecule has 6 heteroatoms. The molecule has 1 aromatic heterocycles. The van der Waals surface area contributed by atoms with E-state index in [4.69, 9.17) is 4.74 Å². The summed E-state index contributed by atoms with van der Waals surface area (Å²) in [4.78, 5) is 25.9. The van der Waals surface area contributed by atoms with E-state index in [1.165, 1.54) is 0 Å². The van der Waals surface area contributed by atoms with Crippen LogP contribution in [0.5, 0.6) is 5.75 Å². The molecule has 2 heterocycles. The van der Waals surface area contributed by atoms with Crippen LogP contribution in [-0.4, -0.2) is 46.6 Å². The largest absolute Gasteiger partial charge is 0.497 e. The number of methoxy groups -OCH3 is 1. The number of carboxylic acids is 1. The van der Waals surface area contributed by atoms with Crippen molar-refractivity contribution in [3.8, 4) is 11.4 Å². The van der Waals surface area contributed by atoms with Gasteiger partial charge in [0.15, 0.2) is 0 Å². The second-order valence-electron chi connectivity index (χ2n) is 6.75. The van der Waals surface area contributed by atoms with Crippen LogP contribution in [0.3, 0.4) is 0 Å². The highest BCUT2D eigenvalue weighted by Gasteiger charge is 2.30. The van der Waals surface area contributed by atoms with Crippen molar-refractivity contribution in [2.75, 3.05) is 20.2 Å². The number of ether oxygens (including phenoxy) is 1. The van der Waals surface area contributed by atoms with Gasteiger partial charge in [-0.15, -0.1) is 0 Å². The molecule has 1 amide bonds. The van der Waals surface area contributed by atoms with Crippen LogP contribution in [0.4, 0.5) is 0 Å². The number of aliphatic carboxylic acids is 1. The Morgan fingerprint density at radius 3 is 2.50 bits per heavy atom. The Bertz CT molecular complexity index is 823. The molecule has 0 radical (unpaired) electrons. The fourth-order valence-electron chi connectivity index (χ4n) is 3.64. The average molecular weight is 356 g/mol. The van der Waals surface area contributed by atoms with Gasteiger partial charge in [0.1, 0.15) is 5.75 Å². The predicted molar refractivity (Wildman–Crippen MR) is 98.1 cm³/mol. The van der Waals surface area contributed by atoms with Gasteiger partial charge in [-0.25, -0.2) is 0 Å². The van der Waals surface area contributed by atoms with Crippen LogP contribution in [0.2, 0.25) is 0 Å². The molecule has 26 heavy (non-hydrogen) atoms. The van der Waals surface area contributed by atoms with E-state index in [0.717, 1.165) is 29.2 Å². The SMILES string of the molecule is COc1ccc(-n2c(C)cc(C(=O)N3CCC[C@H](C(=O)O)C3)c2C)cc1. The van der Waals surface area contributed by atoms with Crippen molar-refractivity contribution in [3.63, 3.8) is 0 Å². The van der Waals surface area contributed by atoms with Crippen molar-refractivity contribution >= 4 is 11.9 Å². The maximum atomic E-state index is 13.0. The third-order valence-electron chi connectivity index (χ3n) is 5.05. The number of aryl methyl sites for hydroxylation is 1. The summed E-state index contributed by atoms with van der Waals surface area (Å²) in [6.07, 6.45) is 1.35. The zero-order valence-electron chi connectivity index (χ0n) is 15.4. The molecule has 6 nitrogen and oxygen atoms in total. The van der Waals surface area contributed by atoms with Gasteiger partial charge in [-0.05, 0) is 57.0 Å². The summed E-state index contributed by atoms with van der Waals surface area (Å²) >= 11 is 0. The van der Waals surface area contributed by atoms with E-state index in [1.54, 1.807) is 12.0 Å². The summed E-state index contributed by atoms with van der Waals surface area (Å²) in [6, 6.07) is 9.56. The van der Waals surface area contributed by atoms with Crippen LogP contribution in [0.1, 0.15) is 34.6 Å². The molecule has 0 aliphatic carbocycles. The van der Waals surface area contributed by atoms with Gasteiger partial charge in [-0.3, -0.25) is 9.59 Å². The first kappa shape index (κ1) is 18.0. The van der Waals surface area contributed by atoms with Gasteiger partial charge in [0.2, 0.25) is 0 Å². The van der Waals surface area contributed by atoms with Crippen molar-refractivity contribution in [2.45, 2.75) is 26.7 Å². The molecule has 138 valence electrons. The molecule has 1 aliphatic heterocycles. The van der Waals surface area contributed by atoms with E-state index in [1.807, 2.05) is 48.7 Å². The van der Waals surface area contributed by atoms with Crippen LogP contribution < -0.4 is 4.74 Å². The summed E-state index contributed by atoms with van der Waals surface area (Å²) in [7, 11) is 1.63. The highest BCUT2D eigenvalue weighted by atomic mass is 16.5. The van der Waals surface area contributed by atoms with Gasteiger partial charge >= 0.3 is 5.97 Å². The Hall–Kier alpha value is -2.76. The van der Waals surface area contributed by atoms with Crippen molar-refractivity contribution in [1.82, 2.24) is 9.47 Å². The molecule has 0 spiro atoms. The summed E-state index contributed by atoms with van der Waals surface area (Å²) in [5.41, 5.74) is 3.41. The number of likely N-dealkylation sites (tertiary alicyclic amines) is 1. The number of carbonyl (C=O) groups is 2. The minimum atomic E-state index is -0.828. The lowest BCUT2D eigenvalue weighted by Gasteiger charge is -2.30. The quantitative estimate of drug-likeness (QED) is 0.914. The monoisotopic (exact) mass is 356 g/mol. The molecule has 1 atom stereocenters.